The predicted octanol–water partition coefficient (Wildman–Crippen LogP) is 6.57. The van der Waals surface area contributed by atoms with Gasteiger partial charge in [-0.2, -0.15) is 0 Å². The molecule has 1 N–H and O–H groups in total. The van der Waals surface area contributed by atoms with E-state index in [1.54, 1.807) is 13.2 Å². The number of ether oxygens (including phenoxy) is 2. The normalized spacial score (nSPS) is 10.8. The Hall–Kier alpha value is -1.91. The summed E-state index contributed by atoms with van der Waals surface area (Å²) in [7, 11) is 1.64. The molecule has 0 aliphatic carbocycles. The second kappa shape index (κ2) is 10.7. The van der Waals surface area contributed by atoms with Crippen LogP contribution in [0.1, 0.15) is 16.7 Å². The fraction of sp³-hybridized carbons (Fsp3) is 0.217. The highest BCUT2D eigenvalue weighted by molar-refractivity contribution is 6.35. The highest BCUT2D eigenvalue weighted by atomic mass is 35.5. The largest absolute Gasteiger partial charge is 0.493 e. The maximum Gasteiger partial charge on any atom is 0.161 e. The average molecular weight is 451 g/mol. The zero-order valence-corrected chi connectivity index (χ0v) is 18.3. The van der Waals surface area contributed by atoms with Gasteiger partial charge in [-0.25, -0.2) is 0 Å². The van der Waals surface area contributed by atoms with Crippen molar-refractivity contribution in [3.05, 3.63) is 92.4 Å². The van der Waals surface area contributed by atoms with Crippen LogP contribution in [0.15, 0.2) is 60.7 Å². The van der Waals surface area contributed by atoms with Gasteiger partial charge in [0.2, 0.25) is 0 Å². The van der Waals surface area contributed by atoms with Crippen LogP contribution < -0.4 is 14.8 Å². The van der Waals surface area contributed by atoms with Gasteiger partial charge in [0.15, 0.2) is 11.5 Å². The van der Waals surface area contributed by atoms with Crippen molar-refractivity contribution in [2.45, 2.75) is 19.6 Å². The quantitative estimate of drug-likeness (QED) is 0.374. The number of methoxy groups -OCH3 is 1. The minimum atomic E-state index is 0.451. The van der Waals surface area contributed by atoms with Gasteiger partial charge >= 0.3 is 0 Å². The van der Waals surface area contributed by atoms with Gasteiger partial charge in [0, 0.05) is 21.6 Å². The molecule has 0 bridgehead atoms. The molecule has 0 aromatic heterocycles. The van der Waals surface area contributed by atoms with Crippen LogP contribution >= 0.6 is 34.8 Å². The summed E-state index contributed by atoms with van der Waals surface area (Å²) < 4.78 is 11.4. The Morgan fingerprint density at radius 2 is 1.52 bits per heavy atom. The van der Waals surface area contributed by atoms with Crippen LogP contribution in [0, 0.1) is 0 Å². The molecule has 29 heavy (non-hydrogen) atoms. The Morgan fingerprint density at radius 1 is 0.793 bits per heavy atom. The molecule has 0 saturated heterocycles. The molecule has 3 nitrogen and oxygen atoms in total. The van der Waals surface area contributed by atoms with Crippen molar-refractivity contribution in [3.8, 4) is 11.5 Å². The fourth-order valence-electron chi connectivity index (χ4n) is 2.86. The van der Waals surface area contributed by atoms with E-state index in [-0.39, 0.29) is 0 Å². The van der Waals surface area contributed by atoms with Crippen molar-refractivity contribution < 1.29 is 9.47 Å². The van der Waals surface area contributed by atoms with E-state index in [2.05, 4.69) is 5.32 Å². The second-order valence-electron chi connectivity index (χ2n) is 6.56. The van der Waals surface area contributed by atoms with Gasteiger partial charge in [0.25, 0.3) is 0 Å². The molecule has 0 saturated carbocycles. The van der Waals surface area contributed by atoms with E-state index in [9.17, 15) is 0 Å². The van der Waals surface area contributed by atoms with E-state index in [0.717, 1.165) is 36.2 Å². The number of hydrogen-bond donors (Lipinski definition) is 1. The standard InChI is InChI=1S/C23H22Cl3NO2/c1-28-23-12-17(14-27-11-10-18-5-8-20(25)13-21(18)26)4-9-22(23)29-15-16-2-6-19(24)7-3-16/h2-9,12-13,27H,10-11,14-15H2,1H3. The molecule has 0 fully saturated rings. The van der Waals surface area contributed by atoms with E-state index >= 15 is 0 Å². The Balaban J connectivity index is 1.52. The first-order valence-electron chi connectivity index (χ1n) is 9.24. The summed E-state index contributed by atoms with van der Waals surface area (Å²) in [5, 5.41) is 5.48. The first-order valence-corrected chi connectivity index (χ1v) is 10.4. The second-order valence-corrected chi connectivity index (χ2v) is 7.84. The molecule has 0 unspecified atom stereocenters. The van der Waals surface area contributed by atoms with Crippen molar-refractivity contribution >= 4 is 34.8 Å². The fourth-order valence-corrected chi connectivity index (χ4v) is 3.49. The molecule has 0 spiro atoms. The van der Waals surface area contributed by atoms with Crippen LogP contribution in [0.2, 0.25) is 15.1 Å². The van der Waals surface area contributed by atoms with E-state index in [1.165, 1.54) is 0 Å². The highest BCUT2D eigenvalue weighted by Gasteiger charge is 2.07. The Morgan fingerprint density at radius 3 is 2.24 bits per heavy atom. The monoisotopic (exact) mass is 449 g/mol. The molecule has 3 rings (SSSR count). The zero-order valence-electron chi connectivity index (χ0n) is 16.1. The van der Waals surface area contributed by atoms with Gasteiger partial charge in [-0.05, 0) is 66.1 Å². The molecule has 0 heterocycles. The molecule has 0 aliphatic heterocycles. The Kier molecular flexibility index (Phi) is 8.08. The summed E-state index contributed by atoms with van der Waals surface area (Å²) in [5.41, 5.74) is 3.23. The molecule has 152 valence electrons. The minimum Gasteiger partial charge on any atom is -0.493 e. The molecular weight excluding hydrogens is 429 g/mol. The van der Waals surface area contributed by atoms with Gasteiger partial charge in [-0.15, -0.1) is 0 Å². The van der Waals surface area contributed by atoms with Crippen molar-refractivity contribution in [1.29, 1.82) is 0 Å². The van der Waals surface area contributed by atoms with E-state index in [1.807, 2.05) is 54.6 Å². The lowest BCUT2D eigenvalue weighted by molar-refractivity contribution is 0.284. The highest BCUT2D eigenvalue weighted by Crippen LogP contribution is 2.29. The van der Waals surface area contributed by atoms with Gasteiger partial charge in [0.1, 0.15) is 6.61 Å². The third-order valence-electron chi connectivity index (χ3n) is 4.45. The molecule has 0 atom stereocenters. The summed E-state index contributed by atoms with van der Waals surface area (Å²) in [6.45, 7) is 1.98. The molecule has 6 heteroatoms. The van der Waals surface area contributed by atoms with Gasteiger partial charge in [-0.1, -0.05) is 59.1 Å². The number of hydrogen-bond acceptors (Lipinski definition) is 3. The molecule has 0 radical (unpaired) electrons. The van der Waals surface area contributed by atoms with Crippen LogP contribution in [0.3, 0.4) is 0 Å². The van der Waals surface area contributed by atoms with Crippen LogP contribution in [0.5, 0.6) is 11.5 Å². The molecule has 3 aromatic carbocycles. The van der Waals surface area contributed by atoms with Crippen molar-refractivity contribution in [2.24, 2.45) is 0 Å². The maximum atomic E-state index is 6.21. The molecule has 0 amide bonds. The topological polar surface area (TPSA) is 30.5 Å². The first kappa shape index (κ1) is 21.8. The number of benzene rings is 3. The van der Waals surface area contributed by atoms with Crippen LogP contribution in [0.4, 0.5) is 0 Å². The van der Waals surface area contributed by atoms with E-state index < -0.39 is 0 Å². The summed E-state index contributed by atoms with van der Waals surface area (Å²) >= 11 is 18.1. The molecular formula is C23H22Cl3NO2. The van der Waals surface area contributed by atoms with Gasteiger partial charge < -0.3 is 14.8 Å². The lowest BCUT2D eigenvalue weighted by atomic mass is 10.1. The van der Waals surface area contributed by atoms with Gasteiger partial charge in [0.05, 0.1) is 7.11 Å². The number of halogens is 3. The van der Waals surface area contributed by atoms with Crippen LogP contribution in [-0.2, 0) is 19.6 Å². The third-order valence-corrected chi connectivity index (χ3v) is 5.29. The van der Waals surface area contributed by atoms with Crippen LogP contribution in [-0.4, -0.2) is 13.7 Å². The lowest BCUT2D eigenvalue weighted by Crippen LogP contribution is -2.16. The van der Waals surface area contributed by atoms with Crippen molar-refractivity contribution in [1.82, 2.24) is 5.32 Å². The molecule has 3 aromatic rings. The maximum absolute atomic E-state index is 6.21. The smallest absolute Gasteiger partial charge is 0.161 e. The lowest BCUT2D eigenvalue weighted by Gasteiger charge is -2.13. The van der Waals surface area contributed by atoms with Gasteiger partial charge in [-0.3, -0.25) is 0 Å². The first-order chi connectivity index (χ1) is 14.0. The Labute approximate surface area is 186 Å². The summed E-state index contributed by atoms with van der Waals surface area (Å²) in [5.74, 6) is 1.41. The summed E-state index contributed by atoms with van der Waals surface area (Å²) in [6, 6.07) is 19.1. The zero-order chi connectivity index (χ0) is 20.6. The van der Waals surface area contributed by atoms with Crippen molar-refractivity contribution in [3.63, 3.8) is 0 Å². The predicted molar refractivity (Wildman–Crippen MR) is 121 cm³/mol. The van der Waals surface area contributed by atoms with E-state index in [0.29, 0.717) is 33.2 Å². The van der Waals surface area contributed by atoms with E-state index in [4.69, 9.17) is 44.3 Å². The summed E-state index contributed by atoms with van der Waals surface area (Å²) in [6.07, 6.45) is 0.829. The minimum absolute atomic E-state index is 0.451. The Bertz CT molecular complexity index is 945. The SMILES string of the molecule is COc1cc(CNCCc2ccc(Cl)cc2Cl)ccc1OCc1ccc(Cl)cc1. The van der Waals surface area contributed by atoms with Crippen LogP contribution in [0.25, 0.3) is 0 Å². The van der Waals surface area contributed by atoms with Crippen molar-refractivity contribution in [2.75, 3.05) is 13.7 Å². The average Bonchev–Trinajstić information content (AvgIpc) is 2.72. The number of rotatable bonds is 9. The summed E-state index contributed by atoms with van der Waals surface area (Å²) in [4.78, 5) is 0. The third kappa shape index (κ3) is 6.55. The number of nitrogens with one attached hydrogen (secondary N) is 1. The molecule has 0 aliphatic rings.